The summed E-state index contributed by atoms with van der Waals surface area (Å²) in [5.74, 6) is -1.90. The fourth-order valence-electron chi connectivity index (χ4n) is 3.59. The Balaban J connectivity index is 1.77. The fraction of sp³-hybridized carbons (Fsp3) is 0.0870. The summed E-state index contributed by atoms with van der Waals surface area (Å²) in [6.45, 7) is 3.85. The lowest BCUT2D eigenvalue weighted by Crippen LogP contribution is -2.54. The van der Waals surface area contributed by atoms with E-state index in [-0.39, 0.29) is 16.4 Å². The van der Waals surface area contributed by atoms with Crippen LogP contribution in [0.4, 0.5) is 10.1 Å². The molecule has 0 unspecified atom stereocenters. The third kappa shape index (κ3) is 3.84. The number of benzene rings is 2. The molecule has 1 saturated heterocycles. The number of halogens is 2. The molecule has 1 aromatic heterocycles. The predicted molar refractivity (Wildman–Crippen MR) is 126 cm³/mol. The average molecular weight is 498 g/mol. The van der Waals surface area contributed by atoms with Gasteiger partial charge >= 0.3 is 0 Å². The number of carbonyl (C=O) groups excluding carboxylic acids is 2. The van der Waals surface area contributed by atoms with E-state index in [2.05, 4.69) is 21.2 Å². The zero-order valence-electron chi connectivity index (χ0n) is 16.6. The smallest absolute Gasteiger partial charge is 0.270 e. The number of rotatable bonds is 3. The zero-order chi connectivity index (χ0) is 22.3. The van der Waals surface area contributed by atoms with E-state index in [1.165, 1.54) is 24.3 Å². The summed E-state index contributed by atoms with van der Waals surface area (Å²) in [6, 6.07) is 15.5. The molecule has 1 N–H and O–H groups in total. The van der Waals surface area contributed by atoms with Gasteiger partial charge in [0.05, 0.1) is 5.69 Å². The van der Waals surface area contributed by atoms with Crippen LogP contribution in [-0.4, -0.2) is 21.5 Å². The summed E-state index contributed by atoms with van der Waals surface area (Å²) in [4.78, 5) is 26.7. The number of thiocarbonyl (C=S) groups is 1. The molecule has 5 nitrogen and oxygen atoms in total. The van der Waals surface area contributed by atoms with E-state index < -0.39 is 17.6 Å². The van der Waals surface area contributed by atoms with E-state index in [1.807, 2.05) is 48.7 Å². The molecule has 3 aromatic rings. The molecule has 156 valence electrons. The second-order valence-electron chi connectivity index (χ2n) is 7.05. The first kappa shape index (κ1) is 21.1. The van der Waals surface area contributed by atoms with Crippen molar-refractivity contribution in [3.05, 3.63) is 87.4 Å². The standard InChI is InChI=1S/C23H17BrFN3O2S/c1-13-11-15(14(2)27(13)17-9-7-16(24)8-10-17)12-18-21(29)26-23(31)28(22(18)30)20-6-4-3-5-19(20)25/h3-12H,1-2H3,(H,26,29,31)/b18-12+. The SMILES string of the molecule is Cc1cc(/C=C2\C(=O)NC(=S)N(c3ccccc3F)C2=O)c(C)n1-c1ccc(Br)cc1. The third-order valence-corrected chi connectivity index (χ3v) is 5.86. The van der Waals surface area contributed by atoms with Gasteiger partial charge in [0.2, 0.25) is 0 Å². The molecule has 1 aliphatic rings. The second kappa shape index (κ2) is 8.20. The molecular weight excluding hydrogens is 481 g/mol. The summed E-state index contributed by atoms with van der Waals surface area (Å²) in [6.07, 6.45) is 1.52. The van der Waals surface area contributed by atoms with Crippen molar-refractivity contribution in [1.29, 1.82) is 0 Å². The predicted octanol–water partition coefficient (Wildman–Crippen LogP) is 4.83. The van der Waals surface area contributed by atoms with Crippen LogP contribution in [0.25, 0.3) is 11.8 Å². The van der Waals surface area contributed by atoms with Gasteiger partial charge in [-0.25, -0.2) is 9.29 Å². The van der Waals surface area contributed by atoms with Crippen LogP contribution >= 0.6 is 28.1 Å². The lowest BCUT2D eigenvalue weighted by molar-refractivity contribution is -0.122. The number of amides is 2. The highest BCUT2D eigenvalue weighted by atomic mass is 79.9. The maximum atomic E-state index is 14.3. The van der Waals surface area contributed by atoms with Crippen molar-refractivity contribution < 1.29 is 14.0 Å². The number of hydrogen-bond donors (Lipinski definition) is 1. The minimum atomic E-state index is -0.674. The van der Waals surface area contributed by atoms with Crippen LogP contribution in [0, 0.1) is 19.7 Å². The number of para-hydroxylation sites is 1. The minimum absolute atomic E-state index is 0.0104. The van der Waals surface area contributed by atoms with Gasteiger partial charge in [-0.1, -0.05) is 28.1 Å². The highest BCUT2D eigenvalue weighted by Gasteiger charge is 2.35. The van der Waals surface area contributed by atoms with E-state index in [0.29, 0.717) is 5.56 Å². The Kier molecular flexibility index (Phi) is 5.60. The van der Waals surface area contributed by atoms with E-state index in [1.54, 1.807) is 6.07 Å². The molecule has 0 atom stereocenters. The summed E-state index contributed by atoms with van der Waals surface area (Å²) in [5, 5.41) is 2.33. The maximum absolute atomic E-state index is 14.3. The molecule has 2 heterocycles. The van der Waals surface area contributed by atoms with Gasteiger partial charge in [0.1, 0.15) is 11.4 Å². The van der Waals surface area contributed by atoms with Gasteiger partial charge in [-0.15, -0.1) is 0 Å². The van der Waals surface area contributed by atoms with Crippen LogP contribution in [0.3, 0.4) is 0 Å². The van der Waals surface area contributed by atoms with E-state index >= 15 is 0 Å². The molecule has 8 heteroatoms. The Morgan fingerprint density at radius 3 is 2.42 bits per heavy atom. The van der Waals surface area contributed by atoms with Gasteiger partial charge in [0.25, 0.3) is 11.8 Å². The first-order valence-electron chi connectivity index (χ1n) is 9.39. The Hall–Kier alpha value is -3.10. The van der Waals surface area contributed by atoms with Crippen molar-refractivity contribution in [3.8, 4) is 5.69 Å². The van der Waals surface area contributed by atoms with Crippen LogP contribution in [-0.2, 0) is 9.59 Å². The number of nitrogens with zero attached hydrogens (tertiary/aromatic N) is 2. The highest BCUT2D eigenvalue weighted by Crippen LogP contribution is 2.27. The van der Waals surface area contributed by atoms with Crippen molar-refractivity contribution in [2.45, 2.75) is 13.8 Å². The molecule has 1 aliphatic heterocycles. The average Bonchev–Trinajstić information content (AvgIpc) is 3.00. The quantitative estimate of drug-likeness (QED) is 0.320. The fourth-order valence-corrected chi connectivity index (χ4v) is 4.12. The van der Waals surface area contributed by atoms with Gasteiger partial charge in [0, 0.05) is 21.5 Å². The number of aryl methyl sites for hydroxylation is 1. The van der Waals surface area contributed by atoms with E-state index in [4.69, 9.17) is 12.2 Å². The second-order valence-corrected chi connectivity index (χ2v) is 8.35. The van der Waals surface area contributed by atoms with E-state index in [9.17, 15) is 14.0 Å². The van der Waals surface area contributed by atoms with Gasteiger partial charge < -0.3 is 4.57 Å². The largest absolute Gasteiger partial charge is 0.318 e. The molecular formula is C23H17BrFN3O2S. The molecule has 0 aliphatic carbocycles. The van der Waals surface area contributed by atoms with Crippen molar-refractivity contribution >= 4 is 56.8 Å². The lowest BCUT2D eigenvalue weighted by Gasteiger charge is -2.29. The van der Waals surface area contributed by atoms with Crippen molar-refractivity contribution in [2.24, 2.45) is 0 Å². The normalized spacial score (nSPS) is 15.5. The van der Waals surface area contributed by atoms with Gasteiger partial charge in [-0.3, -0.25) is 14.9 Å². The third-order valence-electron chi connectivity index (χ3n) is 5.05. The molecule has 1 fully saturated rings. The Morgan fingerprint density at radius 2 is 1.74 bits per heavy atom. The molecule has 0 radical (unpaired) electrons. The molecule has 0 bridgehead atoms. The Bertz CT molecular complexity index is 1260. The van der Waals surface area contributed by atoms with Crippen LogP contribution < -0.4 is 10.2 Å². The molecule has 31 heavy (non-hydrogen) atoms. The summed E-state index contributed by atoms with van der Waals surface area (Å²) >= 11 is 8.57. The van der Waals surface area contributed by atoms with Crippen LogP contribution in [0.5, 0.6) is 0 Å². The van der Waals surface area contributed by atoms with Crippen LogP contribution in [0.2, 0.25) is 0 Å². The van der Waals surface area contributed by atoms with Crippen LogP contribution in [0.15, 0.2) is 64.6 Å². The summed E-state index contributed by atoms with van der Waals surface area (Å²) in [5.41, 5.74) is 3.34. The number of anilines is 1. The monoisotopic (exact) mass is 497 g/mol. The molecule has 2 amide bonds. The van der Waals surface area contributed by atoms with Gasteiger partial charge in [-0.2, -0.15) is 0 Å². The first-order chi connectivity index (χ1) is 14.8. The highest BCUT2D eigenvalue weighted by molar-refractivity contribution is 9.10. The van der Waals surface area contributed by atoms with E-state index in [0.717, 1.165) is 26.4 Å². The topological polar surface area (TPSA) is 54.3 Å². The van der Waals surface area contributed by atoms with Crippen molar-refractivity contribution in [1.82, 2.24) is 9.88 Å². The molecule has 4 rings (SSSR count). The van der Waals surface area contributed by atoms with Crippen LogP contribution in [0.1, 0.15) is 17.0 Å². The minimum Gasteiger partial charge on any atom is -0.318 e. The summed E-state index contributed by atoms with van der Waals surface area (Å²) < 4.78 is 17.3. The summed E-state index contributed by atoms with van der Waals surface area (Å²) in [7, 11) is 0. The van der Waals surface area contributed by atoms with Gasteiger partial charge in [-0.05, 0) is 80.2 Å². The number of hydrogen-bond acceptors (Lipinski definition) is 3. The number of nitrogens with one attached hydrogen (secondary N) is 1. The Labute approximate surface area is 192 Å². The zero-order valence-corrected chi connectivity index (χ0v) is 19.1. The maximum Gasteiger partial charge on any atom is 0.270 e. The van der Waals surface area contributed by atoms with Gasteiger partial charge in [0.15, 0.2) is 5.11 Å². The number of aromatic nitrogens is 1. The van der Waals surface area contributed by atoms with Crippen molar-refractivity contribution in [3.63, 3.8) is 0 Å². The molecule has 0 spiro atoms. The Morgan fingerprint density at radius 1 is 1.06 bits per heavy atom. The first-order valence-corrected chi connectivity index (χ1v) is 10.6. The molecule has 0 saturated carbocycles. The molecule has 2 aromatic carbocycles. The lowest BCUT2D eigenvalue weighted by atomic mass is 10.1. The van der Waals surface area contributed by atoms with Crippen molar-refractivity contribution in [2.75, 3.05) is 4.90 Å². The number of carbonyl (C=O) groups is 2.